The third-order valence-electron chi connectivity index (χ3n) is 1.90. The summed E-state index contributed by atoms with van der Waals surface area (Å²) in [5.74, 6) is 3.23. The van der Waals surface area contributed by atoms with Crippen LogP contribution in [0.4, 0.5) is 5.82 Å². The summed E-state index contributed by atoms with van der Waals surface area (Å²) < 4.78 is 0. The number of pyridine rings is 1. The Morgan fingerprint density at radius 3 is 2.87 bits per heavy atom. The van der Waals surface area contributed by atoms with Gasteiger partial charge in [-0.15, -0.1) is 6.42 Å². The summed E-state index contributed by atoms with van der Waals surface area (Å²) in [6.45, 7) is 2.07. The van der Waals surface area contributed by atoms with Crippen LogP contribution >= 0.6 is 23.2 Å². The Bertz CT molecular complexity index is 371. The topological polar surface area (TPSA) is 24.9 Å². The van der Waals surface area contributed by atoms with E-state index >= 15 is 0 Å². The largest absolute Gasteiger partial charge is 0.355 e. The first-order valence-corrected chi connectivity index (χ1v) is 5.46. The lowest BCUT2D eigenvalue weighted by Gasteiger charge is -2.13. The molecule has 0 saturated carbocycles. The lowest BCUT2D eigenvalue weighted by Crippen LogP contribution is -2.17. The van der Waals surface area contributed by atoms with Gasteiger partial charge in [0.2, 0.25) is 0 Å². The molecule has 0 aliphatic carbocycles. The normalized spacial score (nSPS) is 11.9. The number of nitrogens with zero attached hydrogens (tertiary/aromatic N) is 1. The molecule has 0 aliphatic rings. The molecule has 0 saturated heterocycles. The predicted molar refractivity (Wildman–Crippen MR) is 65.4 cm³/mol. The minimum absolute atomic E-state index is 0.0406. The summed E-state index contributed by atoms with van der Waals surface area (Å²) in [6, 6.07) is 1.60. The van der Waals surface area contributed by atoms with Gasteiger partial charge in [-0.1, -0.05) is 42.5 Å². The fourth-order valence-corrected chi connectivity index (χ4v) is 1.61. The highest BCUT2D eigenvalue weighted by Crippen LogP contribution is 2.23. The van der Waals surface area contributed by atoms with Gasteiger partial charge in [0.05, 0.1) is 16.1 Å². The molecule has 0 amide bonds. The van der Waals surface area contributed by atoms with E-state index in [-0.39, 0.29) is 6.04 Å². The van der Waals surface area contributed by atoms with Crippen molar-refractivity contribution in [1.29, 1.82) is 0 Å². The number of hydrogen-bond donors (Lipinski definition) is 1. The molecule has 2 nitrogen and oxygen atoms in total. The molecule has 1 heterocycles. The lowest BCUT2D eigenvalue weighted by atomic mass is 10.2. The van der Waals surface area contributed by atoms with E-state index in [0.717, 1.165) is 12.8 Å². The van der Waals surface area contributed by atoms with Crippen molar-refractivity contribution in [3.8, 4) is 12.3 Å². The number of halogens is 2. The number of terminal acetylenes is 1. The van der Waals surface area contributed by atoms with Crippen LogP contribution in [0, 0.1) is 12.3 Å². The monoisotopic (exact) mass is 242 g/mol. The van der Waals surface area contributed by atoms with Gasteiger partial charge in [-0.2, -0.15) is 0 Å². The predicted octanol–water partition coefficient (Wildman–Crippen LogP) is 3.60. The first-order chi connectivity index (χ1) is 7.17. The van der Waals surface area contributed by atoms with Crippen molar-refractivity contribution in [1.82, 2.24) is 4.98 Å². The molecular weight excluding hydrogens is 231 g/mol. The molecule has 0 bridgehead atoms. The Labute approximate surface area is 100.0 Å². The smallest absolute Gasteiger partial charge is 0.145 e. The van der Waals surface area contributed by atoms with Gasteiger partial charge in [0.1, 0.15) is 5.82 Å². The van der Waals surface area contributed by atoms with E-state index in [9.17, 15) is 0 Å². The summed E-state index contributed by atoms with van der Waals surface area (Å²) >= 11 is 11.7. The first kappa shape index (κ1) is 12.2. The molecule has 0 radical (unpaired) electrons. The van der Waals surface area contributed by atoms with E-state index < -0.39 is 0 Å². The fraction of sp³-hybridized carbons (Fsp3) is 0.364. The van der Waals surface area contributed by atoms with Crippen LogP contribution in [0.2, 0.25) is 10.0 Å². The van der Waals surface area contributed by atoms with E-state index in [1.54, 1.807) is 6.07 Å². The van der Waals surface area contributed by atoms with Crippen LogP contribution in [0.15, 0.2) is 12.3 Å². The Kier molecular flexibility index (Phi) is 4.74. The average Bonchev–Trinajstić information content (AvgIpc) is 2.21. The van der Waals surface area contributed by atoms with E-state index in [1.165, 1.54) is 6.20 Å². The molecule has 80 valence electrons. The van der Waals surface area contributed by atoms with E-state index in [1.807, 2.05) is 0 Å². The molecule has 0 spiro atoms. The van der Waals surface area contributed by atoms with Crippen molar-refractivity contribution in [3.63, 3.8) is 0 Å². The minimum atomic E-state index is -0.0406. The first-order valence-electron chi connectivity index (χ1n) is 4.71. The molecule has 0 fully saturated rings. The van der Waals surface area contributed by atoms with E-state index in [0.29, 0.717) is 15.9 Å². The fourth-order valence-electron chi connectivity index (χ4n) is 1.17. The average molecular weight is 243 g/mol. The van der Waals surface area contributed by atoms with Gasteiger partial charge in [-0.3, -0.25) is 0 Å². The highest BCUT2D eigenvalue weighted by atomic mass is 35.5. The van der Waals surface area contributed by atoms with Gasteiger partial charge in [0, 0.05) is 6.20 Å². The molecule has 4 heteroatoms. The molecule has 15 heavy (non-hydrogen) atoms. The van der Waals surface area contributed by atoms with E-state index in [4.69, 9.17) is 29.6 Å². The van der Waals surface area contributed by atoms with Crippen LogP contribution in [-0.2, 0) is 0 Å². The van der Waals surface area contributed by atoms with Crippen LogP contribution in [0.3, 0.4) is 0 Å². The van der Waals surface area contributed by atoms with Crippen molar-refractivity contribution in [2.45, 2.75) is 25.8 Å². The summed E-state index contributed by atoms with van der Waals surface area (Å²) in [5.41, 5.74) is 0. The number of aromatic nitrogens is 1. The molecule has 1 rings (SSSR count). The maximum atomic E-state index is 5.95. The second kappa shape index (κ2) is 5.85. The highest BCUT2D eigenvalue weighted by molar-refractivity contribution is 6.35. The quantitative estimate of drug-likeness (QED) is 0.817. The highest BCUT2D eigenvalue weighted by Gasteiger charge is 2.07. The molecular formula is C11H12Cl2N2. The van der Waals surface area contributed by atoms with Gasteiger partial charge in [0.25, 0.3) is 0 Å². The standard InChI is InChI=1S/C11H12Cl2N2/c1-3-5-9(4-2)15-11-10(13)6-8(12)7-14-11/h2,6-7,9H,3,5H2,1H3,(H,14,15). The maximum Gasteiger partial charge on any atom is 0.145 e. The van der Waals surface area contributed by atoms with Gasteiger partial charge in [0.15, 0.2) is 0 Å². The van der Waals surface area contributed by atoms with Crippen LogP contribution < -0.4 is 5.32 Å². The minimum Gasteiger partial charge on any atom is -0.355 e. The zero-order valence-corrected chi connectivity index (χ0v) is 9.94. The molecule has 1 N–H and O–H groups in total. The van der Waals surface area contributed by atoms with Crippen molar-refractivity contribution in [2.24, 2.45) is 0 Å². The third-order valence-corrected chi connectivity index (χ3v) is 2.39. The van der Waals surface area contributed by atoms with Crippen molar-refractivity contribution in [3.05, 3.63) is 22.3 Å². The van der Waals surface area contributed by atoms with Crippen LogP contribution in [0.25, 0.3) is 0 Å². The lowest BCUT2D eigenvalue weighted by molar-refractivity contribution is 0.752. The van der Waals surface area contributed by atoms with Gasteiger partial charge >= 0.3 is 0 Å². The van der Waals surface area contributed by atoms with Crippen LogP contribution in [0.5, 0.6) is 0 Å². The molecule has 1 aromatic rings. The Morgan fingerprint density at radius 1 is 1.60 bits per heavy atom. The van der Waals surface area contributed by atoms with E-state index in [2.05, 4.69) is 23.1 Å². The SMILES string of the molecule is C#CC(CCC)Nc1ncc(Cl)cc1Cl. The van der Waals surface area contributed by atoms with Crippen molar-refractivity contribution < 1.29 is 0 Å². The summed E-state index contributed by atoms with van der Waals surface area (Å²) in [5, 5.41) is 4.08. The van der Waals surface area contributed by atoms with Crippen LogP contribution in [-0.4, -0.2) is 11.0 Å². The Hall–Kier alpha value is -0.910. The summed E-state index contributed by atoms with van der Waals surface area (Å²) in [7, 11) is 0. The van der Waals surface area contributed by atoms with Gasteiger partial charge in [-0.25, -0.2) is 4.98 Å². The third kappa shape index (κ3) is 3.62. The Balaban J connectivity index is 2.76. The Morgan fingerprint density at radius 2 is 2.33 bits per heavy atom. The molecule has 0 aliphatic heterocycles. The van der Waals surface area contributed by atoms with Gasteiger partial charge < -0.3 is 5.32 Å². The summed E-state index contributed by atoms with van der Waals surface area (Å²) in [4.78, 5) is 4.08. The van der Waals surface area contributed by atoms with Crippen molar-refractivity contribution >= 4 is 29.0 Å². The zero-order valence-electron chi connectivity index (χ0n) is 8.43. The molecule has 1 atom stereocenters. The molecule has 1 aromatic heterocycles. The molecule has 1 unspecified atom stereocenters. The van der Waals surface area contributed by atoms with Crippen molar-refractivity contribution in [2.75, 3.05) is 5.32 Å². The molecule has 0 aromatic carbocycles. The van der Waals surface area contributed by atoms with Crippen LogP contribution in [0.1, 0.15) is 19.8 Å². The maximum absolute atomic E-state index is 5.95. The zero-order chi connectivity index (χ0) is 11.3. The van der Waals surface area contributed by atoms with Gasteiger partial charge in [-0.05, 0) is 12.5 Å². The second-order valence-corrected chi connectivity index (χ2v) is 3.98. The summed E-state index contributed by atoms with van der Waals surface area (Å²) in [6.07, 6.45) is 8.81. The number of anilines is 1. The second-order valence-electron chi connectivity index (χ2n) is 3.14. The number of rotatable bonds is 4. The number of hydrogen-bond acceptors (Lipinski definition) is 2. The number of nitrogens with one attached hydrogen (secondary N) is 1.